The van der Waals surface area contributed by atoms with E-state index in [0.29, 0.717) is 13.0 Å². The van der Waals surface area contributed by atoms with E-state index in [1.54, 1.807) is 6.92 Å². The quantitative estimate of drug-likeness (QED) is 0.635. The van der Waals surface area contributed by atoms with Crippen LogP contribution in [0.1, 0.15) is 33.1 Å². The SMILES string of the molecule is CCNC(C)(CCCCN1CCOCC1)C(=O)O. The number of unbranched alkanes of at least 4 members (excludes halogenated alkanes) is 1. The lowest BCUT2D eigenvalue weighted by Crippen LogP contribution is -2.49. The number of nitrogens with one attached hydrogen (secondary N) is 1. The standard InChI is InChI=1S/C13H26N2O3/c1-3-14-13(2,12(16)17)6-4-5-7-15-8-10-18-11-9-15/h14H,3-11H2,1-2H3,(H,16,17). The second-order valence-electron chi connectivity index (χ2n) is 5.08. The molecule has 18 heavy (non-hydrogen) atoms. The first-order valence-corrected chi connectivity index (χ1v) is 6.87. The molecule has 0 bridgehead atoms. The highest BCUT2D eigenvalue weighted by Crippen LogP contribution is 2.14. The Balaban J connectivity index is 2.20. The molecule has 1 unspecified atom stereocenters. The van der Waals surface area contributed by atoms with Crippen molar-refractivity contribution in [2.24, 2.45) is 0 Å². The van der Waals surface area contributed by atoms with Crippen molar-refractivity contribution in [1.29, 1.82) is 0 Å². The predicted molar refractivity (Wildman–Crippen MR) is 70.8 cm³/mol. The zero-order chi connectivity index (χ0) is 13.4. The Bertz CT molecular complexity index is 255. The highest BCUT2D eigenvalue weighted by atomic mass is 16.5. The van der Waals surface area contributed by atoms with Crippen molar-refractivity contribution in [3.8, 4) is 0 Å². The van der Waals surface area contributed by atoms with Gasteiger partial charge in [-0.3, -0.25) is 9.69 Å². The first kappa shape index (κ1) is 15.4. The second-order valence-corrected chi connectivity index (χ2v) is 5.08. The van der Waals surface area contributed by atoms with Crippen LogP contribution in [0.15, 0.2) is 0 Å². The molecule has 2 N–H and O–H groups in total. The molecule has 5 heteroatoms. The summed E-state index contributed by atoms with van der Waals surface area (Å²) in [4.78, 5) is 13.6. The van der Waals surface area contributed by atoms with Gasteiger partial charge in [0, 0.05) is 13.1 Å². The molecule has 1 aliphatic heterocycles. The largest absolute Gasteiger partial charge is 0.480 e. The molecule has 1 aliphatic rings. The van der Waals surface area contributed by atoms with Crippen LogP contribution in [0.2, 0.25) is 0 Å². The molecule has 1 atom stereocenters. The average Bonchev–Trinajstić information content (AvgIpc) is 2.36. The third-order valence-electron chi connectivity index (χ3n) is 3.54. The van der Waals surface area contributed by atoms with Gasteiger partial charge in [-0.05, 0) is 39.3 Å². The molecule has 0 radical (unpaired) electrons. The summed E-state index contributed by atoms with van der Waals surface area (Å²) in [6.45, 7) is 9.10. The summed E-state index contributed by atoms with van der Waals surface area (Å²) in [7, 11) is 0. The first-order valence-electron chi connectivity index (χ1n) is 6.87. The van der Waals surface area contributed by atoms with Crippen molar-refractivity contribution in [2.75, 3.05) is 39.4 Å². The summed E-state index contributed by atoms with van der Waals surface area (Å²) in [6.07, 6.45) is 2.67. The molecular formula is C13H26N2O3. The summed E-state index contributed by atoms with van der Waals surface area (Å²) in [6, 6.07) is 0. The van der Waals surface area contributed by atoms with E-state index in [9.17, 15) is 9.90 Å². The second kappa shape index (κ2) is 7.71. The number of hydrogen-bond donors (Lipinski definition) is 2. The maximum Gasteiger partial charge on any atom is 0.323 e. The maximum atomic E-state index is 11.2. The molecule has 106 valence electrons. The predicted octanol–water partition coefficient (Wildman–Crippen LogP) is 0.942. The molecule has 0 aromatic carbocycles. The zero-order valence-corrected chi connectivity index (χ0v) is 11.6. The molecular weight excluding hydrogens is 232 g/mol. The lowest BCUT2D eigenvalue weighted by molar-refractivity contribution is -0.144. The van der Waals surface area contributed by atoms with Gasteiger partial charge in [-0.25, -0.2) is 0 Å². The Morgan fingerprint density at radius 1 is 1.39 bits per heavy atom. The van der Waals surface area contributed by atoms with Gasteiger partial charge in [0.25, 0.3) is 0 Å². The van der Waals surface area contributed by atoms with Crippen molar-refractivity contribution in [3.05, 3.63) is 0 Å². The number of ether oxygens (including phenoxy) is 1. The Morgan fingerprint density at radius 2 is 2.06 bits per heavy atom. The molecule has 1 rings (SSSR count). The molecule has 0 aliphatic carbocycles. The van der Waals surface area contributed by atoms with Gasteiger partial charge in [0.2, 0.25) is 0 Å². The van der Waals surface area contributed by atoms with Crippen LogP contribution in [0, 0.1) is 0 Å². The van der Waals surface area contributed by atoms with Crippen molar-refractivity contribution in [3.63, 3.8) is 0 Å². The number of likely N-dealkylation sites (N-methyl/N-ethyl adjacent to an activating group) is 1. The molecule has 0 aromatic heterocycles. The number of hydrogen-bond acceptors (Lipinski definition) is 4. The van der Waals surface area contributed by atoms with Crippen LogP contribution < -0.4 is 5.32 Å². The highest BCUT2D eigenvalue weighted by Gasteiger charge is 2.31. The fraction of sp³-hybridized carbons (Fsp3) is 0.923. The third-order valence-corrected chi connectivity index (χ3v) is 3.54. The van der Waals surface area contributed by atoms with Crippen LogP contribution in [0.3, 0.4) is 0 Å². The molecule has 1 saturated heterocycles. The molecule has 5 nitrogen and oxygen atoms in total. The van der Waals surface area contributed by atoms with Crippen molar-refractivity contribution in [2.45, 2.75) is 38.6 Å². The fourth-order valence-electron chi connectivity index (χ4n) is 2.30. The van der Waals surface area contributed by atoms with Crippen molar-refractivity contribution in [1.82, 2.24) is 10.2 Å². The summed E-state index contributed by atoms with van der Waals surface area (Å²) in [5, 5.41) is 12.3. The topological polar surface area (TPSA) is 61.8 Å². The van der Waals surface area contributed by atoms with E-state index in [-0.39, 0.29) is 0 Å². The number of nitrogens with zero attached hydrogens (tertiary/aromatic N) is 1. The lowest BCUT2D eigenvalue weighted by atomic mass is 9.95. The average molecular weight is 258 g/mol. The van der Waals surface area contributed by atoms with Crippen LogP contribution in [-0.4, -0.2) is 60.9 Å². The van der Waals surface area contributed by atoms with Crippen LogP contribution in [0.25, 0.3) is 0 Å². The number of morpholine rings is 1. The third kappa shape index (κ3) is 4.92. The molecule has 0 spiro atoms. The lowest BCUT2D eigenvalue weighted by Gasteiger charge is -2.28. The Labute approximate surface area is 109 Å². The van der Waals surface area contributed by atoms with Crippen LogP contribution in [0.4, 0.5) is 0 Å². The summed E-state index contributed by atoms with van der Waals surface area (Å²) < 4.78 is 5.29. The van der Waals surface area contributed by atoms with E-state index in [4.69, 9.17) is 4.74 Å². The Kier molecular flexibility index (Phi) is 6.60. The minimum atomic E-state index is -0.778. The number of aliphatic carboxylic acids is 1. The van der Waals surface area contributed by atoms with Crippen LogP contribution in [0.5, 0.6) is 0 Å². The van der Waals surface area contributed by atoms with Gasteiger partial charge in [-0.2, -0.15) is 0 Å². The van der Waals surface area contributed by atoms with Gasteiger partial charge < -0.3 is 15.2 Å². The van der Waals surface area contributed by atoms with Crippen molar-refractivity contribution >= 4 is 5.97 Å². The number of carbonyl (C=O) groups is 1. The molecule has 1 heterocycles. The highest BCUT2D eigenvalue weighted by molar-refractivity contribution is 5.78. The van der Waals surface area contributed by atoms with E-state index in [1.165, 1.54) is 0 Å². The molecule has 0 amide bonds. The van der Waals surface area contributed by atoms with Gasteiger partial charge in [0.15, 0.2) is 0 Å². The minimum Gasteiger partial charge on any atom is -0.480 e. The van der Waals surface area contributed by atoms with Gasteiger partial charge in [-0.1, -0.05) is 6.92 Å². The van der Waals surface area contributed by atoms with E-state index < -0.39 is 11.5 Å². The smallest absolute Gasteiger partial charge is 0.323 e. The zero-order valence-electron chi connectivity index (χ0n) is 11.6. The minimum absolute atomic E-state index is 0.681. The summed E-state index contributed by atoms with van der Waals surface area (Å²) >= 11 is 0. The van der Waals surface area contributed by atoms with Crippen LogP contribution >= 0.6 is 0 Å². The van der Waals surface area contributed by atoms with E-state index in [0.717, 1.165) is 45.7 Å². The first-order chi connectivity index (χ1) is 8.58. The summed E-state index contributed by atoms with van der Waals surface area (Å²) in [5.74, 6) is -0.754. The number of carboxylic acids is 1. The summed E-state index contributed by atoms with van der Waals surface area (Å²) in [5.41, 5.74) is -0.778. The van der Waals surface area contributed by atoms with Gasteiger partial charge >= 0.3 is 5.97 Å². The van der Waals surface area contributed by atoms with Crippen LogP contribution in [-0.2, 0) is 9.53 Å². The maximum absolute atomic E-state index is 11.2. The monoisotopic (exact) mass is 258 g/mol. The van der Waals surface area contributed by atoms with Gasteiger partial charge in [0.1, 0.15) is 5.54 Å². The van der Waals surface area contributed by atoms with E-state index in [2.05, 4.69) is 10.2 Å². The number of carboxylic acid groups (broad SMARTS) is 1. The molecule has 1 fully saturated rings. The fourth-order valence-corrected chi connectivity index (χ4v) is 2.30. The number of rotatable bonds is 8. The van der Waals surface area contributed by atoms with Gasteiger partial charge in [-0.15, -0.1) is 0 Å². The normalized spacial score (nSPS) is 20.6. The van der Waals surface area contributed by atoms with E-state index >= 15 is 0 Å². The molecule has 0 aromatic rings. The Hall–Kier alpha value is -0.650. The Morgan fingerprint density at radius 3 is 2.61 bits per heavy atom. The van der Waals surface area contributed by atoms with Crippen molar-refractivity contribution < 1.29 is 14.6 Å². The molecule has 0 saturated carbocycles. The van der Waals surface area contributed by atoms with Gasteiger partial charge in [0.05, 0.1) is 13.2 Å². The van der Waals surface area contributed by atoms with E-state index in [1.807, 2.05) is 6.92 Å².